The molecule has 0 bridgehead atoms. The van der Waals surface area contributed by atoms with Gasteiger partial charge in [0.25, 0.3) is 0 Å². The van der Waals surface area contributed by atoms with E-state index < -0.39 is 0 Å². The fourth-order valence-electron chi connectivity index (χ4n) is 4.40. The number of rotatable bonds is 5. The maximum Gasteiger partial charge on any atom is 0.317 e. The molecular formula is C22H30FN3O3. The van der Waals surface area contributed by atoms with Gasteiger partial charge in [-0.1, -0.05) is 12.1 Å². The number of ether oxygens (including phenoxy) is 1. The number of halogens is 1. The fourth-order valence-corrected chi connectivity index (χ4v) is 4.40. The Morgan fingerprint density at radius 2 is 1.62 bits per heavy atom. The lowest BCUT2D eigenvalue weighted by atomic mass is 9.97. The first kappa shape index (κ1) is 20.1. The van der Waals surface area contributed by atoms with Gasteiger partial charge in [0.1, 0.15) is 5.82 Å². The highest BCUT2D eigenvalue weighted by atomic mass is 19.1. The summed E-state index contributed by atoms with van der Waals surface area (Å²) in [7, 11) is 0. The van der Waals surface area contributed by atoms with Gasteiger partial charge in [-0.15, -0.1) is 0 Å². The second kappa shape index (κ2) is 9.11. The highest BCUT2D eigenvalue weighted by Gasteiger charge is 2.41. The molecule has 0 radical (unpaired) electrons. The van der Waals surface area contributed by atoms with Gasteiger partial charge in [0.05, 0.1) is 0 Å². The topological polar surface area (TPSA) is 61.9 Å². The van der Waals surface area contributed by atoms with Crippen LogP contribution in [0.3, 0.4) is 0 Å². The van der Waals surface area contributed by atoms with E-state index in [4.69, 9.17) is 4.74 Å². The van der Waals surface area contributed by atoms with Crippen LogP contribution in [-0.4, -0.2) is 60.1 Å². The molecule has 1 aliphatic carbocycles. The molecule has 3 fully saturated rings. The van der Waals surface area contributed by atoms with Crippen molar-refractivity contribution in [2.75, 3.05) is 26.3 Å². The second-order valence-corrected chi connectivity index (χ2v) is 8.37. The molecule has 7 heteroatoms. The van der Waals surface area contributed by atoms with Crippen LogP contribution in [0.2, 0.25) is 0 Å². The smallest absolute Gasteiger partial charge is 0.317 e. The van der Waals surface area contributed by atoms with Gasteiger partial charge >= 0.3 is 6.03 Å². The van der Waals surface area contributed by atoms with E-state index >= 15 is 0 Å². The van der Waals surface area contributed by atoms with Crippen LogP contribution in [0.25, 0.3) is 0 Å². The molecule has 158 valence electrons. The Kier molecular flexibility index (Phi) is 6.33. The third kappa shape index (κ3) is 5.07. The number of piperidine rings is 1. The molecule has 1 aromatic rings. The van der Waals surface area contributed by atoms with E-state index in [-0.39, 0.29) is 29.8 Å². The molecule has 1 aromatic carbocycles. The number of nitrogens with zero attached hydrogens (tertiary/aromatic N) is 2. The standard InChI is InChI=1S/C22H30FN3O3/c23-18-5-1-16(2-6-18)15-24-22(28)25-11-7-19(8-12-25)26(21(27)17-3-4-17)20-9-13-29-14-10-20/h1-2,5-6,17,19-20H,3-4,7-15H2,(H,24,28). The van der Waals surface area contributed by atoms with Crippen LogP contribution >= 0.6 is 0 Å². The Bertz CT molecular complexity index is 709. The van der Waals surface area contributed by atoms with E-state index in [0.29, 0.717) is 25.5 Å². The lowest BCUT2D eigenvalue weighted by Crippen LogP contribution is -2.55. The monoisotopic (exact) mass is 403 g/mol. The first-order chi connectivity index (χ1) is 14.1. The van der Waals surface area contributed by atoms with Gasteiger partial charge in [-0.2, -0.15) is 0 Å². The number of carbonyl (C=O) groups excluding carboxylic acids is 2. The molecule has 0 spiro atoms. The van der Waals surface area contributed by atoms with Crippen LogP contribution in [-0.2, 0) is 16.1 Å². The van der Waals surface area contributed by atoms with Crippen LogP contribution in [0.4, 0.5) is 9.18 Å². The number of amides is 3. The quantitative estimate of drug-likeness (QED) is 0.822. The molecule has 0 atom stereocenters. The Labute approximate surface area is 171 Å². The van der Waals surface area contributed by atoms with Crippen molar-refractivity contribution < 1.29 is 18.7 Å². The lowest BCUT2D eigenvalue weighted by molar-refractivity contribution is -0.141. The number of likely N-dealkylation sites (tertiary alicyclic amines) is 1. The number of hydrogen-bond acceptors (Lipinski definition) is 3. The molecule has 4 rings (SSSR count). The average molecular weight is 403 g/mol. The molecule has 2 heterocycles. The summed E-state index contributed by atoms with van der Waals surface area (Å²) in [5.74, 6) is 0.253. The van der Waals surface area contributed by atoms with Crippen molar-refractivity contribution in [1.29, 1.82) is 0 Å². The second-order valence-electron chi connectivity index (χ2n) is 8.37. The van der Waals surface area contributed by atoms with Crippen molar-refractivity contribution in [2.45, 2.75) is 57.2 Å². The van der Waals surface area contributed by atoms with Crippen molar-refractivity contribution in [1.82, 2.24) is 15.1 Å². The zero-order valence-corrected chi connectivity index (χ0v) is 16.8. The summed E-state index contributed by atoms with van der Waals surface area (Å²) >= 11 is 0. The highest BCUT2D eigenvalue weighted by molar-refractivity contribution is 5.81. The predicted molar refractivity (Wildman–Crippen MR) is 107 cm³/mol. The predicted octanol–water partition coefficient (Wildman–Crippen LogP) is 2.92. The Hall–Kier alpha value is -2.15. The molecule has 1 saturated carbocycles. The van der Waals surface area contributed by atoms with Crippen LogP contribution in [0, 0.1) is 11.7 Å². The molecule has 1 N–H and O–H groups in total. The van der Waals surface area contributed by atoms with Gasteiger partial charge in [-0.05, 0) is 56.2 Å². The summed E-state index contributed by atoms with van der Waals surface area (Å²) in [6.07, 6.45) is 5.50. The third-order valence-corrected chi connectivity index (χ3v) is 6.27. The Morgan fingerprint density at radius 3 is 2.24 bits per heavy atom. The van der Waals surface area contributed by atoms with Gasteiger partial charge in [0, 0.05) is 50.8 Å². The molecule has 6 nitrogen and oxygen atoms in total. The van der Waals surface area contributed by atoms with E-state index in [1.165, 1.54) is 12.1 Å². The molecule has 0 unspecified atom stereocenters. The van der Waals surface area contributed by atoms with Crippen LogP contribution in [0.1, 0.15) is 44.1 Å². The molecule has 2 aliphatic heterocycles. The molecule has 29 heavy (non-hydrogen) atoms. The van der Waals surface area contributed by atoms with Crippen LogP contribution in [0.5, 0.6) is 0 Å². The fraction of sp³-hybridized carbons (Fsp3) is 0.636. The summed E-state index contributed by atoms with van der Waals surface area (Å²) in [4.78, 5) is 29.5. The zero-order chi connectivity index (χ0) is 20.2. The van der Waals surface area contributed by atoms with Crippen LogP contribution in [0.15, 0.2) is 24.3 Å². The van der Waals surface area contributed by atoms with E-state index in [9.17, 15) is 14.0 Å². The van der Waals surface area contributed by atoms with Gasteiger partial charge in [-0.25, -0.2) is 9.18 Å². The highest BCUT2D eigenvalue weighted by Crippen LogP contribution is 2.35. The first-order valence-corrected chi connectivity index (χ1v) is 10.8. The van der Waals surface area contributed by atoms with Gasteiger partial charge in [0.2, 0.25) is 5.91 Å². The molecule has 3 amide bonds. The summed E-state index contributed by atoms with van der Waals surface area (Å²) in [6, 6.07) is 6.55. The number of hydrogen-bond donors (Lipinski definition) is 1. The van der Waals surface area contributed by atoms with E-state index in [1.807, 2.05) is 4.90 Å². The molecular weight excluding hydrogens is 373 g/mol. The SMILES string of the molecule is O=C(NCc1ccc(F)cc1)N1CCC(N(C(=O)C2CC2)C2CCOCC2)CC1. The van der Waals surface area contributed by atoms with Crippen molar-refractivity contribution in [3.63, 3.8) is 0 Å². The van der Waals surface area contributed by atoms with Gasteiger partial charge < -0.3 is 19.9 Å². The summed E-state index contributed by atoms with van der Waals surface area (Å²) in [6.45, 7) is 3.13. The molecule has 0 aromatic heterocycles. The number of urea groups is 1. The first-order valence-electron chi connectivity index (χ1n) is 10.8. The minimum atomic E-state index is -0.281. The summed E-state index contributed by atoms with van der Waals surface area (Å²) in [5.41, 5.74) is 0.871. The minimum Gasteiger partial charge on any atom is -0.381 e. The molecule has 2 saturated heterocycles. The third-order valence-electron chi connectivity index (χ3n) is 6.27. The van der Waals surface area contributed by atoms with Crippen molar-refractivity contribution in [3.05, 3.63) is 35.6 Å². The summed E-state index contributed by atoms with van der Waals surface area (Å²) < 4.78 is 18.5. The maximum atomic E-state index is 13.0. The van der Waals surface area contributed by atoms with Gasteiger partial charge in [-0.3, -0.25) is 4.79 Å². The van der Waals surface area contributed by atoms with Crippen molar-refractivity contribution in [3.8, 4) is 0 Å². The largest absolute Gasteiger partial charge is 0.381 e. The van der Waals surface area contributed by atoms with Crippen molar-refractivity contribution >= 4 is 11.9 Å². The average Bonchev–Trinajstić information content (AvgIpc) is 3.60. The number of nitrogens with one attached hydrogen (secondary N) is 1. The van der Waals surface area contributed by atoms with E-state index in [1.54, 1.807) is 12.1 Å². The maximum absolute atomic E-state index is 13.0. The van der Waals surface area contributed by atoms with Crippen molar-refractivity contribution in [2.24, 2.45) is 5.92 Å². The Balaban J connectivity index is 1.30. The lowest BCUT2D eigenvalue weighted by Gasteiger charge is -2.43. The normalized spacial score (nSPS) is 21.1. The number of carbonyl (C=O) groups is 2. The van der Waals surface area contributed by atoms with Gasteiger partial charge in [0.15, 0.2) is 0 Å². The van der Waals surface area contributed by atoms with E-state index in [2.05, 4.69) is 10.2 Å². The Morgan fingerprint density at radius 1 is 1.00 bits per heavy atom. The zero-order valence-electron chi connectivity index (χ0n) is 16.8. The summed E-state index contributed by atoms with van der Waals surface area (Å²) in [5, 5.41) is 2.91. The minimum absolute atomic E-state index is 0.0982. The molecule has 3 aliphatic rings. The number of benzene rings is 1. The van der Waals surface area contributed by atoms with E-state index in [0.717, 1.165) is 57.3 Å². The van der Waals surface area contributed by atoms with Crippen LogP contribution < -0.4 is 5.32 Å².